The Balaban J connectivity index is 3.11. The zero-order chi connectivity index (χ0) is 9.68. The van der Waals surface area contributed by atoms with Gasteiger partial charge in [-0.1, -0.05) is 45.4 Å². The Labute approximate surface area is 90.2 Å². The van der Waals surface area contributed by atoms with Crippen molar-refractivity contribution in [3.63, 3.8) is 0 Å². The molecule has 0 aromatic heterocycles. The molecule has 0 aliphatic rings. The Hall–Kier alpha value is -0.780. The number of hydrogen-bond donors (Lipinski definition) is 0. The van der Waals surface area contributed by atoms with Gasteiger partial charge in [0.05, 0.1) is 10.4 Å². The fourth-order valence-corrected chi connectivity index (χ4v) is 1.15. The molecule has 0 bridgehead atoms. The number of rotatable bonds is 1. The average molecular weight is 258 g/mol. The number of carbonyl (C=O) groups excluding carboxylic acids is 1. The highest BCUT2D eigenvalue weighted by atomic mass is 79.9. The van der Waals surface area contributed by atoms with Crippen LogP contribution in [0.2, 0.25) is 5.02 Å². The van der Waals surface area contributed by atoms with Crippen LogP contribution in [0.25, 0.3) is 0 Å². The number of aldehydes is 1. The first-order valence-electron chi connectivity index (χ1n) is 3.57. The van der Waals surface area contributed by atoms with Crippen molar-refractivity contribution >= 4 is 33.8 Å². The molecule has 0 aliphatic heterocycles. The number of halogens is 2. The monoisotopic (exact) mass is 256 g/mol. The molecule has 0 fully saturated rings. The minimum absolute atomic E-state index is 0.569. The van der Waals surface area contributed by atoms with Crippen LogP contribution in [0.15, 0.2) is 18.2 Å². The molecule has 1 nitrogen and oxygen atoms in total. The highest BCUT2D eigenvalue weighted by Gasteiger charge is 1.97. The maximum Gasteiger partial charge on any atom is 0.150 e. The molecule has 0 atom stereocenters. The van der Waals surface area contributed by atoms with Gasteiger partial charge in [-0.25, -0.2) is 0 Å². The molecule has 1 aromatic carbocycles. The second kappa shape index (κ2) is 5.06. The fraction of sp³-hybridized carbons (Fsp3) is 0.100. The van der Waals surface area contributed by atoms with Gasteiger partial charge in [0, 0.05) is 11.1 Å². The summed E-state index contributed by atoms with van der Waals surface area (Å²) in [5, 5.41) is 1.16. The minimum atomic E-state index is 0.569. The summed E-state index contributed by atoms with van der Waals surface area (Å²) in [6.07, 6.45) is 0.773. The SMILES string of the molecule is O=Cc1ccc(Cl)c(C#CCBr)c1. The van der Waals surface area contributed by atoms with Crippen molar-refractivity contribution in [1.82, 2.24) is 0 Å². The van der Waals surface area contributed by atoms with Crippen LogP contribution < -0.4 is 0 Å². The van der Waals surface area contributed by atoms with Gasteiger partial charge in [0.1, 0.15) is 6.29 Å². The summed E-state index contributed by atoms with van der Waals surface area (Å²) in [4.78, 5) is 10.4. The molecule has 1 aromatic rings. The summed E-state index contributed by atoms with van der Waals surface area (Å²) in [5.41, 5.74) is 1.27. The van der Waals surface area contributed by atoms with Gasteiger partial charge in [-0.15, -0.1) is 0 Å². The Kier molecular flexibility index (Phi) is 4.01. The van der Waals surface area contributed by atoms with E-state index in [0.717, 1.165) is 6.29 Å². The molecule has 0 spiro atoms. The zero-order valence-corrected chi connectivity index (χ0v) is 9.02. The molecule has 0 saturated heterocycles. The smallest absolute Gasteiger partial charge is 0.150 e. The van der Waals surface area contributed by atoms with Crippen LogP contribution in [0.5, 0.6) is 0 Å². The molecule has 66 valence electrons. The predicted octanol–water partition coefficient (Wildman–Crippen LogP) is 2.90. The number of alkyl halides is 1. The summed E-state index contributed by atoms with van der Waals surface area (Å²) in [5.74, 6) is 5.67. The lowest BCUT2D eigenvalue weighted by Crippen LogP contribution is -1.83. The van der Waals surface area contributed by atoms with Gasteiger partial charge in [0.2, 0.25) is 0 Å². The first-order valence-corrected chi connectivity index (χ1v) is 5.07. The van der Waals surface area contributed by atoms with Crippen LogP contribution in [0.1, 0.15) is 15.9 Å². The predicted molar refractivity (Wildman–Crippen MR) is 57.5 cm³/mol. The molecular weight excluding hydrogens is 251 g/mol. The summed E-state index contributed by atoms with van der Waals surface area (Å²) >= 11 is 9.04. The summed E-state index contributed by atoms with van der Waals surface area (Å²) in [6, 6.07) is 5.00. The maximum absolute atomic E-state index is 10.4. The van der Waals surface area contributed by atoms with Gasteiger partial charge in [0.15, 0.2) is 0 Å². The molecule has 0 aliphatic carbocycles. The molecule has 0 N–H and O–H groups in total. The standard InChI is InChI=1S/C10H6BrClO/c11-5-1-2-9-6-8(7-13)3-4-10(9)12/h3-4,6-7H,5H2. The number of hydrogen-bond acceptors (Lipinski definition) is 1. The normalized spacial score (nSPS) is 8.77. The van der Waals surface area contributed by atoms with Crippen LogP contribution in [0.3, 0.4) is 0 Å². The quantitative estimate of drug-likeness (QED) is 0.429. The van der Waals surface area contributed by atoms with Crippen molar-refractivity contribution in [2.75, 3.05) is 5.33 Å². The van der Waals surface area contributed by atoms with Crippen LogP contribution in [-0.2, 0) is 0 Å². The Morgan fingerprint density at radius 3 is 2.92 bits per heavy atom. The van der Waals surface area contributed by atoms with Gasteiger partial charge in [0.25, 0.3) is 0 Å². The van der Waals surface area contributed by atoms with Crippen LogP contribution >= 0.6 is 27.5 Å². The summed E-state index contributed by atoms with van der Waals surface area (Å²) in [6.45, 7) is 0. The first-order chi connectivity index (χ1) is 6.27. The average Bonchev–Trinajstić information content (AvgIpc) is 2.17. The third-order valence-corrected chi connectivity index (χ3v) is 2.03. The van der Waals surface area contributed by atoms with Crippen LogP contribution in [-0.4, -0.2) is 11.6 Å². The number of benzene rings is 1. The molecule has 13 heavy (non-hydrogen) atoms. The van der Waals surface area contributed by atoms with Crippen molar-refractivity contribution in [2.45, 2.75) is 0 Å². The van der Waals surface area contributed by atoms with Crippen LogP contribution in [0.4, 0.5) is 0 Å². The van der Waals surface area contributed by atoms with Crippen molar-refractivity contribution in [2.24, 2.45) is 0 Å². The van der Waals surface area contributed by atoms with Crippen molar-refractivity contribution in [3.8, 4) is 11.8 Å². The lowest BCUT2D eigenvalue weighted by atomic mass is 10.1. The fourth-order valence-electron chi connectivity index (χ4n) is 0.841. The Bertz CT molecular complexity index is 376. The summed E-state index contributed by atoms with van der Waals surface area (Å²) < 4.78 is 0. The van der Waals surface area contributed by atoms with Crippen molar-refractivity contribution < 1.29 is 4.79 Å². The topological polar surface area (TPSA) is 17.1 Å². The van der Waals surface area contributed by atoms with Gasteiger partial charge >= 0.3 is 0 Å². The van der Waals surface area contributed by atoms with E-state index in [-0.39, 0.29) is 0 Å². The molecule has 0 saturated carbocycles. The van der Waals surface area contributed by atoms with Gasteiger partial charge in [-0.05, 0) is 12.1 Å². The first kappa shape index (κ1) is 10.3. The molecule has 0 unspecified atom stereocenters. The van der Waals surface area contributed by atoms with Crippen LogP contribution in [0, 0.1) is 11.8 Å². The molecule has 0 heterocycles. The van der Waals surface area contributed by atoms with E-state index >= 15 is 0 Å². The van der Waals surface area contributed by atoms with E-state index in [1.54, 1.807) is 18.2 Å². The van der Waals surface area contributed by atoms with E-state index < -0.39 is 0 Å². The summed E-state index contributed by atoms with van der Waals surface area (Å²) in [7, 11) is 0. The Morgan fingerprint density at radius 1 is 1.54 bits per heavy atom. The molecule has 3 heteroatoms. The van der Waals surface area contributed by atoms with Gasteiger partial charge < -0.3 is 0 Å². The van der Waals surface area contributed by atoms with E-state index in [4.69, 9.17) is 11.6 Å². The largest absolute Gasteiger partial charge is 0.298 e. The highest BCUT2D eigenvalue weighted by Crippen LogP contribution is 2.15. The Morgan fingerprint density at radius 2 is 2.31 bits per heavy atom. The lowest BCUT2D eigenvalue weighted by molar-refractivity contribution is 0.112. The van der Waals surface area contributed by atoms with Gasteiger partial charge in [-0.3, -0.25) is 4.79 Å². The molecule has 0 radical (unpaired) electrons. The molecule has 0 amide bonds. The van der Waals surface area contributed by atoms with E-state index in [9.17, 15) is 4.79 Å². The highest BCUT2D eigenvalue weighted by molar-refractivity contribution is 9.09. The van der Waals surface area contributed by atoms with E-state index in [2.05, 4.69) is 27.8 Å². The number of carbonyl (C=O) groups is 1. The minimum Gasteiger partial charge on any atom is -0.298 e. The van der Waals surface area contributed by atoms with Gasteiger partial charge in [-0.2, -0.15) is 0 Å². The second-order valence-corrected chi connectivity index (χ2v) is 3.26. The molecular formula is C10H6BrClO. The second-order valence-electron chi connectivity index (χ2n) is 2.29. The van der Waals surface area contributed by atoms with E-state index in [1.807, 2.05) is 0 Å². The van der Waals surface area contributed by atoms with Crippen molar-refractivity contribution in [3.05, 3.63) is 34.3 Å². The maximum atomic E-state index is 10.4. The van der Waals surface area contributed by atoms with E-state index in [1.165, 1.54) is 0 Å². The molecule has 1 rings (SSSR count). The lowest BCUT2D eigenvalue weighted by Gasteiger charge is -1.95. The third kappa shape index (κ3) is 2.87. The van der Waals surface area contributed by atoms with E-state index in [0.29, 0.717) is 21.5 Å². The van der Waals surface area contributed by atoms with Crippen molar-refractivity contribution in [1.29, 1.82) is 0 Å². The third-order valence-electron chi connectivity index (χ3n) is 1.42. The zero-order valence-electron chi connectivity index (χ0n) is 6.68.